The number of ether oxygens (including phenoxy) is 1. The minimum Gasteiger partial charge on any atom is -0.446 e. The molecule has 1 heterocycles. The van der Waals surface area contributed by atoms with Crippen LogP contribution in [0, 0.1) is 28.1 Å². The molecule has 1 saturated carbocycles. The molecule has 2 rings (SSSR count). The Morgan fingerprint density at radius 3 is 2.38 bits per heavy atom. The first kappa shape index (κ1) is 16.1. The number of likely N-dealkylation sites (tertiary alicyclic amines) is 1. The quantitative estimate of drug-likeness (QED) is 0.791. The van der Waals surface area contributed by atoms with Crippen LogP contribution in [0.25, 0.3) is 0 Å². The third-order valence-corrected chi connectivity index (χ3v) is 5.56. The number of nitriles is 1. The molecule has 2 aliphatic rings. The normalized spacial score (nSPS) is 23.3. The molecule has 21 heavy (non-hydrogen) atoms. The van der Waals surface area contributed by atoms with Crippen molar-refractivity contribution in [1.29, 1.82) is 5.26 Å². The lowest BCUT2D eigenvalue weighted by molar-refractivity contribution is -0.00232. The fourth-order valence-electron chi connectivity index (χ4n) is 3.36. The Labute approximate surface area is 128 Å². The van der Waals surface area contributed by atoms with Gasteiger partial charge in [-0.2, -0.15) is 5.26 Å². The van der Waals surface area contributed by atoms with Gasteiger partial charge in [0.1, 0.15) is 6.10 Å². The highest BCUT2D eigenvalue weighted by Gasteiger charge is 2.45. The highest BCUT2D eigenvalue weighted by Crippen LogP contribution is 2.49. The standard InChI is InChI=1S/C17H28N2O2/c1-13(14-5-6-14)21-15(20)19-11-8-17(7-10-18,9-12-19)16(2,3)4/h13-14H,5-9,11-12H2,1-4H3. The minimum absolute atomic E-state index is 0.0145. The van der Waals surface area contributed by atoms with Gasteiger partial charge < -0.3 is 9.64 Å². The van der Waals surface area contributed by atoms with Crippen molar-refractivity contribution in [2.75, 3.05) is 13.1 Å². The number of amides is 1. The largest absolute Gasteiger partial charge is 0.446 e. The third kappa shape index (κ3) is 3.51. The monoisotopic (exact) mass is 292 g/mol. The maximum Gasteiger partial charge on any atom is 0.410 e. The molecule has 1 amide bonds. The molecule has 0 aromatic heterocycles. The molecule has 118 valence electrons. The number of hydrogen-bond donors (Lipinski definition) is 0. The molecule has 1 aliphatic heterocycles. The van der Waals surface area contributed by atoms with Crippen molar-refractivity contribution in [1.82, 2.24) is 4.90 Å². The molecule has 1 saturated heterocycles. The zero-order chi connectivity index (χ0) is 15.7. The van der Waals surface area contributed by atoms with E-state index in [2.05, 4.69) is 26.8 Å². The summed E-state index contributed by atoms with van der Waals surface area (Å²) in [5.41, 5.74) is 0.0979. The average molecular weight is 292 g/mol. The van der Waals surface area contributed by atoms with Crippen LogP contribution in [0.4, 0.5) is 4.79 Å². The van der Waals surface area contributed by atoms with Crippen molar-refractivity contribution < 1.29 is 9.53 Å². The van der Waals surface area contributed by atoms with Crippen LogP contribution >= 0.6 is 0 Å². The van der Waals surface area contributed by atoms with Gasteiger partial charge in [-0.25, -0.2) is 4.79 Å². The maximum atomic E-state index is 12.2. The Hall–Kier alpha value is -1.24. The van der Waals surface area contributed by atoms with Gasteiger partial charge in [0.15, 0.2) is 0 Å². The van der Waals surface area contributed by atoms with E-state index in [1.165, 1.54) is 12.8 Å². The first-order valence-electron chi connectivity index (χ1n) is 8.12. The molecule has 1 atom stereocenters. The van der Waals surface area contributed by atoms with Crippen LogP contribution in [-0.4, -0.2) is 30.2 Å². The molecule has 1 aliphatic carbocycles. The van der Waals surface area contributed by atoms with Gasteiger partial charge in [0, 0.05) is 19.5 Å². The van der Waals surface area contributed by atoms with E-state index in [4.69, 9.17) is 10.00 Å². The first-order valence-corrected chi connectivity index (χ1v) is 8.12. The van der Waals surface area contributed by atoms with Crippen LogP contribution in [0.5, 0.6) is 0 Å². The van der Waals surface area contributed by atoms with Gasteiger partial charge in [-0.1, -0.05) is 20.8 Å². The van der Waals surface area contributed by atoms with E-state index in [9.17, 15) is 4.79 Å². The van der Waals surface area contributed by atoms with E-state index in [1.807, 2.05) is 11.8 Å². The molecule has 1 unspecified atom stereocenters. The second kappa shape index (κ2) is 5.87. The predicted molar refractivity (Wildman–Crippen MR) is 81.6 cm³/mol. The number of carbonyl (C=O) groups excluding carboxylic acids is 1. The molecule has 0 radical (unpaired) electrons. The van der Waals surface area contributed by atoms with E-state index in [0.29, 0.717) is 25.4 Å². The Morgan fingerprint density at radius 2 is 1.95 bits per heavy atom. The summed E-state index contributed by atoms with van der Waals surface area (Å²) >= 11 is 0. The summed E-state index contributed by atoms with van der Waals surface area (Å²) in [6.45, 7) is 10.0. The maximum absolute atomic E-state index is 12.2. The molecule has 4 heteroatoms. The predicted octanol–water partition coefficient (Wildman–Crippen LogP) is 3.96. The summed E-state index contributed by atoms with van der Waals surface area (Å²) in [6, 6.07) is 2.35. The first-order chi connectivity index (χ1) is 9.79. The van der Waals surface area contributed by atoms with E-state index < -0.39 is 0 Å². The van der Waals surface area contributed by atoms with Gasteiger partial charge in [-0.05, 0) is 49.4 Å². The Balaban J connectivity index is 1.92. The second-order valence-electron chi connectivity index (χ2n) is 7.78. The lowest BCUT2D eigenvalue weighted by atomic mass is 9.60. The van der Waals surface area contributed by atoms with Crippen molar-refractivity contribution >= 4 is 6.09 Å². The van der Waals surface area contributed by atoms with Crippen LogP contribution < -0.4 is 0 Å². The molecule has 0 spiro atoms. The molecular formula is C17H28N2O2. The molecule has 4 nitrogen and oxygen atoms in total. The highest BCUT2D eigenvalue weighted by molar-refractivity contribution is 5.68. The van der Waals surface area contributed by atoms with Crippen molar-refractivity contribution in [3.63, 3.8) is 0 Å². The van der Waals surface area contributed by atoms with E-state index >= 15 is 0 Å². The summed E-state index contributed by atoms with van der Waals surface area (Å²) in [5.74, 6) is 0.575. The van der Waals surface area contributed by atoms with Crippen LogP contribution in [0.3, 0.4) is 0 Å². The summed E-state index contributed by atoms with van der Waals surface area (Å²) in [6.07, 6.45) is 4.58. The van der Waals surface area contributed by atoms with Crippen molar-refractivity contribution in [3.05, 3.63) is 0 Å². The average Bonchev–Trinajstić information content (AvgIpc) is 3.22. The number of carbonyl (C=O) groups is 1. The number of nitrogens with zero attached hydrogens (tertiary/aromatic N) is 2. The lowest BCUT2D eigenvalue weighted by Crippen LogP contribution is -2.48. The van der Waals surface area contributed by atoms with Crippen LogP contribution in [0.2, 0.25) is 0 Å². The fraction of sp³-hybridized carbons (Fsp3) is 0.882. The van der Waals surface area contributed by atoms with E-state index in [1.54, 1.807) is 0 Å². The van der Waals surface area contributed by atoms with Crippen LogP contribution in [0.15, 0.2) is 0 Å². The van der Waals surface area contributed by atoms with Gasteiger partial charge in [-0.15, -0.1) is 0 Å². The Morgan fingerprint density at radius 1 is 1.38 bits per heavy atom. The molecule has 0 bridgehead atoms. The number of piperidine rings is 1. The topological polar surface area (TPSA) is 53.3 Å². The SMILES string of the molecule is CC(OC(=O)N1CCC(CC#N)(C(C)(C)C)CC1)C1CC1. The van der Waals surface area contributed by atoms with Crippen molar-refractivity contribution in [2.24, 2.45) is 16.7 Å². The van der Waals surface area contributed by atoms with Crippen molar-refractivity contribution in [2.45, 2.75) is 65.9 Å². The van der Waals surface area contributed by atoms with Gasteiger partial charge in [-0.3, -0.25) is 0 Å². The fourth-order valence-corrected chi connectivity index (χ4v) is 3.36. The second-order valence-corrected chi connectivity index (χ2v) is 7.78. The van der Waals surface area contributed by atoms with Gasteiger partial charge in [0.25, 0.3) is 0 Å². The summed E-state index contributed by atoms with van der Waals surface area (Å²) in [7, 11) is 0. The summed E-state index contributed by atoms with van der Waals surface area (Å²) in [4.78, 5) is 14.0. The van der Waals surface area contributed by atoms with Gasteiger partial charge in [0.05, 0.1) is 6.07 Å². The minimum atomic E-state index is -0.172. The molecular weight excluding hydrogens is 264 g/mol. The van der Waals surface area contributed by atoms with Crippen LogP contribution in [-0.2, 0) is 4.74 Å². The Bertz CT molecular complexity index is 421. The zero-order valence-corrected chi connectivity index (χ0v) is 13.8. The van der Waals surface area contributed by atoms with E-state index in [0.717, 1.165) is 12.8 Å². The molecule has 2 fully saturated rings. The van der Waals surface area contributed by atoms with Crippen molar-refractivity contribution in [3.8, 4) is 6.07 Å². The number of hydrogen-bond acceptors (Lipinski definition) is 3. The third-order valence-electron chi connectivity index (χ3n) is 5.56. The molecule has 0 N–H and O–H groups in total. The molecule has 0 aromatic rings. The smallest absolute Gasteiger partial charge is 0.410 e. The highest BCUT2D eigenvalue weighted by atomic mass is 16.6. The zero-order valence-electron chi connectivity index (χ0n) is 13.8. The summed E-state index contributed by atoms with van der Waals surface area (Å²) < 4.78 is 5.55. The Kier molecular flexibility index (Phi) is 4.51. The lowest BCUT2D eigenvalue weighted by Gasteiger charge is -2.48. The molecule has 0 aromatic carbocycles. The number of rotatable bonds is 3. The van der Waals surface area contributed by atoms with Crippen LogP contribution in [0.1, 0.15) is 59.8 Å². The van der Waals surface area contributed by atoms with Gasteiger partial charge in [0.2, 0.25) is 0 Å². The van der Waals surface area contributed by atoms with Gasteiger partial charge >= 0.3 is 6.09 Å². The van der Waals surface area contributed by atoms with E-state index in [-0.39, 0.29) is 23.0 Å². The summed E-state index contributed by atoms with van der Waals surface area (Å²) in [5, 5.41) is 9.15.